The molecule has 0 spiro atoms. The fourth-order valence-electron chi connectivity index (χ4n) is 4.64. The van der Waals surface area contributed by atoms with Crippen LogP contribution in [-0.4, -0.2) is 34.8 Å². The number of hydrogen-bond donors (Lipinski definition) is 1. The van der Waals surface area contributed by atoms with E-state index in [4.69, 9.17) is 0 Å². The largest absolute Gasteiger partial charge is 0.302 e. The van der Waals surface area contributed by atoms with Crippen LogP contribution in [0.3, 0.4) is 0 Å². The molecule has 4 unspecified atom stereocenters. The Morgan fingerprint density at radius 3 is 2.48 bits per heavy atom. The molecule has 0 aromatic heterocycles. The summed E-state index contributed by atoms with van der Waals surface area (Å²) < 4.78 is 0. The second-order valence-electron chi connectivity index (χ2n) is 7.17. The van der Waals surface area contributed by atoms with E-state index in [1.165, 1.54) is 12.8 Å². The highest BCUT2D eigenvalue weighted by Crippen LogP contribution is 2.35. The molecule has 21 heavy (non-hydrogen) atoms. The summed E-state index contributed by atoms with van der Waals surface area (Å²) in [5.41, 5.74) is 0. The topological polar surface area (TPSA) is 49.4 Å². The third-order valence-electron chi connectivity index (χ3n) is 6.04. The summed E-state index contributed by atoms with van der Waals surface area (Å²) in [7, 11) is 0. The standard InChI is InChI=1S/C17H28N2O2/c1-3-12-8-9-14(11(12)2)18-15-10-16(20)19(17(15)21)13-6-4-5-7-13/h11-15,18H,3-10H2,1-2H3. The van der Waals surface area contributed by atoms with Crippen LogP contribution in [0.1, 0.15) is 65.2 Å². The average Bonchev–Trinajstić information content (AvgIpc) is 3.14. The van der Waals surface area contributed by atoms with Crippen LogP contribution in [-0.2, 0) is 9.59 Å². The van der Waals surface area contributed by atoms with Crippen LogP contribution in [0.5, 0.6) is 0 Å². The lowest BCUT2D eigenvalue weighted by atomic mass is 9.93. The zero-order chi connectivity index (χ0) is 15.0. The Kier molecular flexibility index (Phi) is 4.34. The Balaban J connectivity index is 1.62. The van der Waals surface area contributed by atoms with E-state index >= 15 is 0 Å². The third kappa shape index (κ3) is 2.75. The van der Waals surface area contributed by atoms with Crippen molar-refractivity contribution >= 4 is 11.8 Å². The molecule has 0 radical (unpaired) electrons. The first-order chi connectivity index (χ1) is 10.1. The van der Waals surface area contributed by atoms with Gasteiger partial charge in [-0.25, -0.2) is 0 Å². The number of nitrogens with zero attached hydrogens (tertiary/aromatic N) is 1. The zero-order valence-corrected chi connectivity index (χ0v) is 13.3. The molecule has 4 nitrogen and oxygen atoms in total. The quantitative estimate of drug-likeness (QED) is 0.810. The lowest BCUT2D eigenvalue weighted by Gasteiger charge is -2.25. The van der Waals surface area contributed by atoms with Gasteiger partial charge < -0.3 is 5.32 Å². The van der Waals surface area contributed by atoms with Crippen LogP contribution < -0.4 is 5.32 Å². The Hall–Kier alpha value is -0.900. The minimum Gasteiger partial charge on any atom is -0.302 e. The lowest BCUT2D eigenvalue weighted by molar-refractivity contribution is -0.141. The fourth-order valence-corrected chi connectivity index (χ4v) is 4.64. The van der Waals surface area contributed by atoms with Gasteiger partial charge in [-0.3, -0.25) is 14.5 Å². The van der Waals surface area contributed by atoms with Gasteiger partial charge in [-0.2, -0.15) is 0 Å². The van der Waals surface area contributed by atoms with E-state index in [9.17, 15) is 9.59 Å². The predicted molar refractivity (Wildman–Crippen MR) is 81.6 cm³/mol. The molecule has 0 aromatic carbocycles. The summed E-state index contributed by atoms with van der Waals surface area (Å²) in [6, 6.07) is 0.322. The van der Waals surface area contributed by atoms with Gasteiger partial charge in [0.05, 0.1) is 12.5 Å². The SMILES string of the molecule is CCC1CCC(NC2CC(=O)N(C3CCCC3)C2=O)C1C. The average molecular weight is 292 g/mol. The molecule has 118 valence electrons. The van der Waals surface area contributed by atoms with E-state index in [2.05, 4.69) is 19.2 Å². The van der Waals surface area contributed by atoms with Crippen molar-refractivity contribution in [3.05, 3.63) is 0 Å². The molecule has 3 aliphatic rings. The van der Waals surface area contributed by atoms with Crippen molar-refractivity contribution in [2.45, 2.75) is 83.3 Å². The van der Waals surface area contributed by atoms with Crippen LogP contribution in [0, 0.1) is 11.8 Å². The molecule has 3 rings (SSSR count). The van der Waals surface area contributed by atoms with Crippen molar-refractivity contribution in [1.82, 2.24) is 10.2 Å². The van der Waals surface area contributed by atoms with Gasteiger partial charge in [-0.15, -0.1) is 0 Å². The minimum absolute atomic E-state index is 0.0408. The lowest BCUT2D eigenvalue weighted by Crippen LogP contribution is -2.47. The van der Waals surface area contributed by atoms with Crippen molar-refractivity contribution in [1.29, 1.82) is 0 Å². The molecule has 4 heteroatoms. The van der Waals surface area contributed by atoms with Gasteiger partial charge >= 0.3 is 0 Å². The summed E-state index contributed by atoms with van der Waals surface area (Å²) >= 11 is 0. The zero-order valence-electron chi connectivity index (χ0n) is 13.3. The molecule has 3 fully saturated rings. The summed E-state index contributed by atoms with van der Waals surface area (Å²) in [5, 5.41) is 3.51. The summed E-state index contributed by atoms with van der Waals surface area (Å²) in [5.74, 6) is 1.46. The van der Waals surface area contributed by atoms with Gasteiger partial charge in [-0.05, 0) is 37.5 Å². The molecule has 1 aliphatic heterocycles. The van der Waals surface area contributed by atoms with Crippen LogP contribution in [0.4, 0.5) is 0 Å². The Labute approximate surface area is 127 Å². The number of rotatable bonds is 4. The molecule has 1 saturated heterocycles. The molecule has 1 N–H and O–H groups in total. The van der Waals surface area contributed by atoms with Crippen LogP contribution in [0.25, 0.3) is 0 Å². The fraction of sp³-hybridized carbons (Fsp3) is 0.882. The van der Waals surface area contributed by atoms with Crippen molar-refractivity contribution in [3.8, 4) is 0 Å². The molecule has 2 amide bonds. The van der Waals surface area contributed by atoms with E-state index < -0.39 is 0 Å². The smallest absolute Gasteiger partial charge is 0.247 e. The van der Waals surface area contributed by atoms with Crippen LogP contribution in [0.15, 0.2) is 0 Å². The molecular formula is C17H28N2O2. The number of likely N-dealkylation sites (tertiary alicyclic amines) is 1. The minimum atomic E-state index is -0.263. The Bertz CT molecular complexity index is 417. The van der Waals surface area contributed by atoms with Gasteiger partial charge in [-0.1, -0.05) is 33.1 Å². The van der Waals surface area contributed by atoms with E-state index in [0.29, 0.717) is 18.4 Å². The number of nitrogens with one attached hydrogen (secondary N) is 1. The van der Waals surface area contributed by atoms with Gasteiger partial charge in [0.2, 0.25) is 11.8 Å². The molecule has 2 saturated carbocycles. The second kappa shape index (κ2) is 6.07. The van der Waals surface area contributed by atoms with E-state index in [0.717, 1.165) is 38.0 Å². The first-order valence-electron chi connectivity index (χ1n) is 8.73. The van der Waals surface area contributed by atoms with Crippen molar-refractivity contribution in [3.63, 3.8) is 0 Å². The maximum Gasteiger partial charge on any atom is 0.247 e. The van der Waals surface area contributed by atoms with Gasteiger partial charge in [0.15, 0.2) is 0 Å². The van der Waals surface area contributed by atoms with Crippen molar-refractivity contribution in [2.75, 3.05) is 0 Å². The highest BCUT2D eigenvalue weighted by atomic mass is 16.2. The molecule has 1 heterocycles. The van der Waals surface area contributed by atoms with Crippen LogP contribution in [0.2, 0.25) is 0 Å². The highest BCUT2D eigenvalue weighted by Gasteiger charge is 2.44. The maximum atomic E-state index is 12.6. The Morgan fingerprint density at radius 1 is 1.14 bits per heavy atom. The van der Waals surface area contributed by atoms with E-state index in [1.807, 2.05) is 0 Å². The number of amides is 2. The first-order valence-corrected chi connectivity index (χ1v) is 8.73. The summed E-state index contributed by atoms with van der Waals surface area (Å²) in [4.78, 5) is 26.4. The molecule has 4 atom stereocenters. The molecule has 0 aromatic rings. The highest BCUT2D eigenvalue weighted by molar-refractivity contribution is 6.05. The number of hydrogen-bond acceptors (Lipinski definition) is 3. The van der Waals surface area contributed by atoms with Gasteiger partial charge in [0.1, 0.15) is 0 Å². The molecule has 2 aliphatic carbocycles. The van der Waals surface area contributed by atoms with E-state index in [-0.39, 0.29) is 23.9 Å². The summed E-state index contributed by atoms with van der Waals surface area (Å²) in [6.07, 6.45) is 8.28. The number of carbonyl (C=O) groups is 2. The van der Waals surface area contributed by atoms with Crippen LogP contribution >= 0.6 is 0 Å². The van der Waals surface area contributed by atoms with Crippen molar-refractivity contribution < 1.29 is 9.59 Å². The number of imide groups is 1. The third-order valence-corrected chi connectivity index (χ3v) is 6.04. The van der Waals surface area contributed by atoms with E-state index in [1.54, 1.807) is 4.90 Å². The molecule has 0 bridgehead atoms. The monoisotopic (exact) mass is 292 g/mol. The first kappa shape index (κ1) is 15.0. The molecular weight excluding hydrogens is 264 g/mol. The summed E-state index contributed by atoms with van der Waals surface area (Å²) in [6.45, 7) is 4.53. The van der Waals surface area contributed by atoms with Gasteiger partial charge in [0.25, 0.3) is 0 Å². The van der Waals surface area contributed by atoms with Gasteiger partial charge in [0, 0.05) is 12.1 Å². The number of carbonyl (C=O) groups excluding carboxylic acids is 2. The van der Waals surface area contributed by atoms with Crippen molar-refractivity contribution in [2.24, 2.45) is 11.8 Å². The predicted octanol–water partition coefficient (Wildman–Crippen LogP) is 2.47. The maximum absolute atomic E-state index is 12.6. The second-order valence-corrected chi connectivity index (χ2v) is 7.17. The Morgan fingerprint density at radius 2 is 1.86 bits per heavy atom. The normalized spacial score (nSPS) is 37.9.